The number of hydrogen-bond donors (Lipinski definition) is 1. The molecule has 0 spiro atoms. The number of anilines is 2. The Morgan fingerprint density at radius 1 is 1.06 bits per heavy atom. The summed E-state index contributed by atoms with van der Waals surface area (Å²) in [4.78, 5) is 38.3. The van der Waals surface area contributed by atoms with Crippen LogP contribution < -0.4 is 10.2 Å². The SMILES string of the molecule is Cc1ccc(NC(=O)CSc2nc(Cl)cc(N3CCN(C(=O)c4ccccc4)C(C)C3)n2)cc1C. The number of amides is 2. The van der Waals surface area contributed by atoms with Crippen molar-refractivity contribution in [1.82, 2.24) is 14.9 Å². The summed E-state index contributed by atoms with van der Waals surface area (Å²) in [5.74, 6) is 0.762. The van der Waals surface area contributed by atoms with Gasteiger partial charge in [0.05, 0.1) is 5.75 Å². The van der Waals surface area contributed by atoms with Crippen molar-refractivity contribution in [3.8, 4) is 0 Å². The summed E-state index contributed by atoms with van der Waals surface area (Å²) in [6.45, 7) is 7.92. The van der Waals surface area contributed by atoms with Gasteiger partial charge in [-0.3, -0.25) is 9.59 Å². The maximum atomic E-state index is 12.9. The van der Waals surface area contributed by atoms with Crippen molar-refractivity contribution in [3.63, 3.8) is 0 Å². The van der Waals surface area contributed by atoms with Crippen LogP contribution in [0.25, 0.3) is 0 Å². The van der Waals surface area contributed by atoms with Gasteiger partial charge in [-0.1, -0.05) is 47.6 Å². The molecule has 1 aliphatic rings. The predicted octanol–water partition coefficient (Wildman–Crippen LogP) is 4.83. The van der Waals surface area contributed by atoms with Gasteiger partial charge in [-0.25, -0.2) is 9.97 Å². The van der Waals surface area contributed by atoms with Crippen LogP contribution in [0.15, 0.2) is 59.8 Å². The third kappa shape index (κ3) is 6.32. The number of thioether (sulfide) groups is 1. The maximum Gasteiger partial charge on any atom is 0.254 e. The molecule has 2 aromatic carbocycles. The third-order valence-electron chi connectivity index (χ3n) is 6.02. The molecular weight excluding hydrogens is 482 g/mol. The van der Waals surface area contributed by atoms with E-state index in [0.29, 0.717) is 41.3 Å². The number of nitrogens with one attached hydrogen (secondary N) is 1. The molecule has 1 fully saturated rings. The van der Waals surface area contributed by atoms with E-state index in [9.17, 15) is 9.59 Å². The average Bonchev–Trinajstić information content (AvgIpc) is 2.85. The number of benzene rings is 2. The first-order valence-electron chi connectivity index (χ1n) is 11.5. The van der Waals surface area contributed by atoms with Crippen molar-refractivity contribution in [2.75, 3.05) is 35.6 Å². The Kier molecular flexibility index (Phi) is 7.93. The molecule has 1 unspecified atom stereocenters. The Morgan fingerprint density at radius 2 is 1.83 bits per heavy atom. The fraction of sp³-hybridized carbons (Fsp3) is 0.308. The van der Waals surface area contributed by atoms with Crippen LogP contribution in [0.5, 0.6) is 0 Å². The molecule has 0 bridgehead atoms. The lowest BCUT2D eigenvalue weighted by molar-refractivity contribution is -0.113. The number of carbonyl (C=O) groups excluding carboxylic acids is 2. The number of rotatable bonds is 6. The zero-order chi connectivity index (χ0) is 24.9. The van der Waals surface area contributed by atoms with E-state index in [1.54, 1.807) is 6.07 Å². The van der Waals surface area contributed by atoms with Gasteiger partial charge in [0.1, 0.15) is 11.0 Å². The lowest BCUT2D eigenvalue weighted by Crippen LogP contribution is -2.54. The van der Waals surface area contributed by atoms with E-state index in [0.717, 1.165) is 11.3 Å². The van der Waals surface area contributed by atoms with Gasteiger partial charge in [0.25, 0.3) is 5.91 Å². The third-order valence-corrected chi connectivity index (χ3v) is 7.06. The number of halogens is 1. The minimum atomic E-state index is -0.134. The van der Waals surface area contributed by atoms with Crippen molar-refractivity contribution in [2.45, 2.75) is 32.0 Å². The second-order valence-corrected chi connectivity index (χ2v) is 9.96. The highest BCUT2D eigenvalue weighted by atomic mass is 35.5. The van der Waals surface area contributed by atoms with Crippen molar-refractivity contribution in [2.24, 2.45) is 0 Å². The van der Waals surface area contributed by atoms with E-state index < -0.39 is 0 Å². The van der Waals surface area contributed by atoms with Crippen LogP contribution in [-0.4, -0.2) is 58.1 Å². The molecule has 4 rings (SSSR count). The van der Waals surface area contributed by atoms with Gasteiger partial charge in [-0.2, -0.15) is 0 Å². The Hall–Kier alpha value is -3.10. The molecule has 3 aromatic rings. The Bertz CT molecular complexity index is 1220. The van der Waals surface area contributed by atoms with E-state index in [-0.39, 0.29) is 23.6 Å². The van der Waals surface area contributed by atoms with Gasteiger partial charge < -0.3 is 15.1 Å². The number of carbonyl (C=O) groups is 2. The Morgan fingerprint density at radius 3 is 2.54 bits per heavy atom. The first kappa shape index (κ1) is 25.0. The summed E-state index contributed by atoms with van der Waals surface area (Å²) in [6.07, 6.45) is 0. The van der Waals surface area contributed by atoms with Gasteiger partial charge in [0.15, 0.2) is 5.16 Å². The number of piperazine rings is 1. The average molecular weight is 510 g/mol. The zero-order valence-corrected chi connectivity index (χ0v) is 21.6. The molecule has 1 atom stereocenters. The summed E-state index contributed by atoms with van der Waals surface area (Å²) in [5, 5.41) is 3.68. The predicted molar refractivity (Wildman–Crippen MR) is 141 cm³/mol. The minimum absolute atomic E-state index is 0.00467. The molecule has 1 saturated heterocycles. The number of hydrogen-bond acceptors (Lipinski definition) is 6. The van der Waals surface area contributed by atoms with Gasteiger partial charge in [-0.15, -0.1) is 0 Å². The smallest absolute Gasteiger partial charge is 0.254 e. The Balaban J connectivity index is 1.37. The highest BCUT2D eigenvalue weighted by molar-refractivity contribution is 7.99. The standard InChI is InChI=1S/C26H28ClN5O2S/c1-17-9-10-21(13-18(17)2)28-24(33)16-35-26-29-22(27)14-23(30-26)31-11-12-32(19(3)15-31)25(34)20-7-5-4-6-8-20/h4-10,13-14,19H,11-12,15-16H2,1-3H3,(H,28,33). The van der Waals surface area contributed by atoms with E-state index in [1.807, 2.05) is 74.2 Å². The van der Waals surface area contributed by atoms with Crippen molar-refractivity contribution >= 4 is 46.7 Å². The molecule has 35 heavy (non-hydrogen) atoms. The quantitative estimate of drug-likeness (QED) is 0.291. The molecule has 9 heteroatoms. The fourth-order valence-corrected chi connectivity index (χ4v) is 4.85. The number of aromatic nitrogens is 2. The lowest BCUT2D eigenvalue weighted by atomic mass is 10.1. The minimum Gasteiger partial charge on any atom is -0.353 e. The van der Waals surface area contributed by atoms with Crippen molar-refractivity contribution in [1.29, 1.82) is 0 Å². The van der Waals surface area contributed by atoms with Crippen LogP contribution in [0.3, 0.4) is 0 Å². The molecule has 0 saturated carbocycles. The maximum absolute atomic E-state index is 12.9. The molecule has 182 valence electrons. The molecule has 1 N–H and O–H groups in total. The zero-order valence-electron chi connectivity index (χ0n) is 20.0. The normalized spacial score (nSPS) is 15.7. The van der Waals surface area contributed by atoms with E-state index in [1.165, 1.54) is 17.3 Å². The van der Waals surface area contributed by atoms with E-state index >= 15 is 0 Å². The summed E-state index contributed by atoms with van der Waals surface area (Å²) in [6, 6.07) is 16.9. The summed E-state index contributed by atoms with van der Waals surface area (Å²) in [5.41, 5.74) is 3.76. The molecule has 7 nitrogen and oxygen atoms in total. The van der Waals surface area contributed by atoms with Gasteiger partial charge >= 0.3 is 0 Å². The van der Waals surface area contributed by atoms with E-state index in [4.69, 9.17) is 11.6 Å². The largest absolute Gasteiger partial charge is 0.353 e. The molecular formula is C26H28ClN5O2S. The molecule has 1 aliphatic heterocycles. The van der Waals surface area contributed by atoms with E-state index in [2.05, 4.69) is 20.2 Å². The van der Waals surface area contributed by atoms with Gasteiger partial charge in [0, 0.05) is 43.0 Å². The number of nitrogens with zero attached hydrogens (tertiary/aromatic N) is 4. The molecule has 0 radical (unpaired) electrons. The van der Waals surface area contributed by atoms with Crippen LogP contribution in [0.1, 0.15) is 28.4 Å². The number of aryl methyl sites for hydroxylation is 2. The van der Waals surface area contributed by atoms with Crippen LogP contribution in [0, 0.1) is 13.8 Å². The second kappa shape index (κ2) is 11.1. The highest BCUT2D eigenvalue weighted by Gasteiger charge is 2.29. The van der Waals surface area contributed by atoms with Gasteiger partial charge in [0.2, 0.25) is 5.91 Å². The topological polar surface area (TPSA) is 78.4 Å². The van der Waals surface area contributed by atoms with Crippen LogP contribution in [0.4, 0.5) is 11.5 Å². The van der Waals surface area contributed by atoms with Crippen molar-refractivity contribution < 1.29 is 9.59 Å². The summed E-state index contributed by atoms with van der Waals surface area (Å²) < 4.78 is 0. The van der Waals surface area contributed by atoms with Crippen molar-refractivity contribution in [3.05, 3.63) is 76.4 Å². The second-order valence-electron chi connectivity index (χ2n) is 8.63. The lowest BCUT2D eigenvalue weighted by Gasteiger charge is -2.40. The fourth-order valence-electron chi connectivity index (χ4n) is 3.97. The first-order chi connectivity index (χ1) is 16.8. The summed E-state index contributed by atoms with van der Waals surface area (Å²) in [7, 11) is 0. The van der Waals surface area contributed by atoms with Gasteiger partial charge in [-0.05, 0) is 56.2 Å². The van der Waals surface area contributed by atoms with Crippen LogP contribution >= 0.6 is 23.4 Å². The Labute approximate surface area is 214 Å². The first-order valence-corrected chi connectivity index (χ1v) is 12.8. The molecule has 0 aliphatic carbocycles. The van der Waals surface area contributed by atoms with Crippen LogP contribution in [-0.2, 0) is 4.79 Å². The summed E-state index contributed by atoms with van der Waals surface area (Å²) >= 11 is 7.53. The molecule has 2 amide bonds. The molecule has 2 heterocycles. The van der Waals surface area contributed by atoms with Crippen LogP contribution in [0.2, 0.25) is 5.15 Å². The monoisotopic (exact) mass is 509 g/mol. The molecule has 1 aromatic heterocycles. The highest BCUT2D eigenvalue weighted by Crippen LogP contribution is 2.25.